The van der Waals surface area contributed by atoms with Gasteiger partial charge in [0.25, 0.3) is 0 Å². The lowest BCUT2D eigenvalue weighted by Crippen LogP contribution is -2.44. The zero-order valence-corrected chi connectivity index (χ0v) is 35.2. The summed E-state index contributed by atoms with van der Waals surface area (Å²) in [6.07, 6.45) is 2.84. The van der Waals surface area contributed by atoms with E-state index < -0.39 is 35.2 Å². The fourth-order valence-corrected chi connectivity index (χ4v) is 11.3. The molecule has 0 radical (unpaired) electrons. The van der Waals surface area contributed by atoms with Crippen molar-refractivity contribution < 1.29 is 62.7 Å². The Balaban J connectivity index is 0. The molecule has 0 aliphatic rings. The van der Waals surface area contributed by atoms with Crippen LogP contribution < -0.4 is 21.3 Å². The van der Waals surface area contributed by atoms with Crippen molar-refractivity contribution in [1.82, 2.24) is 21.3 Å². The minimum Gasteiger partial charge on any atom is -0.377 e. The van der Waals surface area contributed by atoms with Gasteiger partial charge in [0.1, 0.15) is 0 Å². The summed E-state index contributed by atoms with van der Waals surface area (Å²) in [6, 6.07) is 2.13. The summed E-state index contributed by atoms with van der Waals surface area (Å²) in [5, 5.41) is 11.2. The van der Waals surface area contributed by atoms with Crippen LogP contribution in [0.3, 0.4) is 0 Å². The van der Waals surface area contributed by atoms with Gasteiger partial charge in [-0.2, -0.15) is 0 Å². The second kappa shape index (κ2) is 28.6. The first-order chi connectivity index (χ1) is 22.9. The molecular formula is C26H64N4O14Si4. The van der Waals surface area contributed by atoms with Crippen molar-refractivity contribution in [3.05, 3.63) is 0 Å². The zero-order valence-electron chi connectivity index (χ0n) is 31.2. The number of hydrogen-bond donors (Lipinski definition) is 4. The average Bonchev–Trinajstić information content (AvgIpc) is 3.13. The average molecular weight is 769 g/mol. The Kier molecular flexibility index (Phi) is 29.2. The third kappa shape index (κ3) is 19.4. The highest BCUT2D eigenvalue weighted by atomic mass is 28.4. The van der Waals surface area contributed by atoms with Gasteiger partial charge in [0, 0.05) is 136 Å². The van der Waals surface area contributed by atoms with E-state index in [2.05, 4.69) is 21.3 Å². The van der Waals surface area contributed by atoms with Crippen LogP contribution >= 0.6 is 0 Å². The van der Waals surface area contributed by atoms with Crippen molar-refractivity contribution in [2.75, 3.05) is 111 Å². The third-order valence-corrected chi connectivity index (χ3v) is 18.8. The predicted octanol–water partition coefficient (Wildman–Crippen LogP) is 1.64. The van der Waals surface area contributed by atoms with Crippen molar-refractivity contribution in [2.45, 2.75) is 49.9 Å². The highest BCUT2D eigenvalue weighted by Crippen LogP contribution is 2.16. The first kappa shape index (κ1) is 49.0. The molecule has 0 rings (SSSR count). The Morgan fingerprint density at radius 1 is 0.333 bits per heavy atom. The first-order valence-corrected chi connectivity index (χ1v) is 23.3. The number of nitrogens with one attached hydrogen (secondary N) is 4. The quantitative estimate of drug-likeness (QED) is 0.0663. The number of urea groups is 2. The van der Waals surface area contributed by atoms with Crippen LogP contribution in [0.4, 0.5) is 9.59 Å². The summed E-state index contributed by atoms with van der Waals surface area (Å²) < 4.78 is 63.9. The van der Waals surface area contributed by atoms with Crippen LogP contribution in [-0.2, 0) is 53.1 Å². The lowest BCUT2D eigenvalue weighted by Gasteiger charge is -2.24. The van der Waals surface area contributed by atoms with Crippen molar-refractivity contribution in [1.29, 1.82) is 0 Å². The maximum atomic E-state index is 11.7. The zero-order chi connectivity index (χ0) is 37.0. The second-order valence-electron chi connectivity index (χ2n) is 9.96. The van der Waals surface area contributed by atoms with Crippen LogP contribution in [0.25, 0.3) is 0 Å². The maximum absolute atomic E-state index is 11.7. The smallest absolute Gasteiger partial charge is 0.377 e. The van der Waals surface area contributed by atoms with E-state index in [-0.39, 0.29) is 12.1 Å². The molecule has 0 aromatic carbocycles. The largest absolute Gasteiger partial charge is 0.500 e. The van der Waals surface area contributed by atoms with Crippen LogP contribution in [0.5, 0.6) is 0 Å². The van der Waals surface area contributed by atoms with Gasteiger partial charge < -0.3 is 74.4 Å². The molecule has 0 fully saturated rings. The molecule has 0 aromatic heterocycles. The Morgan fingerprint density at radius 2 is 0.479 bits per heavy atom. The van der Waals surface area contributed by atoms with Gasteiger partial charge >= 0.3 is 47.3 Å². The summed E-state index contributed by atoms with van der Waals surface area (Å²) in [5.74, 6) is 0. The van der Waals surface area contributed by atoms with E-state index in [9.17, 15) is 9.59 Å². The number of rotatable bonds is 28. The van der Waals surface area contributed by atoms with E-state index >= 15 is 0 Å². The van der Waals surface area contributed by atoms with E-state index in [1.165, 1.54) is 0 Å². The molecule has 288 valence electrons. The van der Waals surface area contributed by atoms with Gasteiger partial charge in [-0.1, -0.05) is 0 Å². The molecule has 0 saturated heterocycles. The summed E-state index contributed by atoms with van der Waals surface area (Å²) in [6.45, 7) is 2.07. The first-order valence-electron chi connectivity index (χ1n) is 15.6. The van der Waals surface area contributed by atoms with Gasteiger partial charge in [-0.15, -0.1) is 0 Å². The minimum atomic E-state index is -2.56. The van der Waals surface area contributed by atoms with Gasteiger partial charge in [0.05, 0.1) is 0 Å². The lowest BCUT2D eigenvalue weighted by molar-refractivity contribution is 0.122. The van der Waals surface area contributed by atoms with Crippen molar-refractivity contribution in [2.24, 2.45) is 0 Å². The number of carbonyl (C=O) groups is 2. The van der Waals surface area contributed by atoms with E-state index in [4.69, 9.17) is 53.1 Å². The third-order valence-electron chi connectivity index (χ3n) is 7.51. The molecule has 0 heterocycles. The maximum Gasteiger partial charge on any atom is 0.500 e. The van der Waals surface area contributed by atoms with E-state index in [0.717, 1.165) is 0 Å². The van der Waals surface area contributed by atoms with Crippen LogP contribution in [0.1, 0.15) is 25.7 Å². The Morgan fingerprint density at radius 3 is 0.604 bits per heavy atom. The molecule has 0 unspecified atom stereocenters. The van der Waals surface area contributed by atoms with Gasteiger partial charge in [-0.3, -0.25) is 0 Å². The summed E-state index contributed by atoms with van der Waals surface area (Å²) in [7, 11) is 8.61. The Hall–Kier alpha value is -1.07. The number of hydrogen-bond acceptors (Lipinski definition) is 14. The standard InChI is InChI=1S/2C13H32N2O7Si2/c2*1-17-23(18-2,19-3)11-7-9-14-13(16)15-10-8-12-24(20-4,21-5)22-6/h2*7-12H2,1-6H3,(H2,14,15,16). The molecule has 0 atom stereocenters. The van der Waals surface area contributed by atoms with E-state index in [1.54, 1.807) is 85.3 Å². The van der Waals surface area contributed by atoms with Gasteiger partial charge in [-0.05, 0) is 25.7 Å². The normalized spacial score (nSPS) is 12.2. The predicted molar refractivity (Wildman–Crippen MR) is 188 cm³/mol. The molecule has 0 aromatic rings. The fraction of sp³-hybridized carbons (Fsp3) is 0.923. The fourth-order valence-electron chi connectivity index (χ4n) is 4.38. The molecule has 18 nitrogen and oxygen atoms in total. The molecule has 4 amide bonds. The topological polar surface area (TPSA) is 193 Å². The lowest BCUT2D eigenvalue weighted by atomic mass is 10.4. The van der Waals surface area contributed by atoms with Crippen molar-refractivity contribution in [3.8, 4) is 0 Å². The summed E-state index contributed by atoms with van der Waals surface area (Å²) >= 11 is 0. The molecule has 0 saturated carbocycles. The van der Waals surface area contributed by atoms with Crippen LogP contribution in [0.2, 0.25) is 24.2 Å². The molecule has 0 bridgehead atoms. The summed E-state index contributed by atoms with van der Waals surface area (Å²) in [5.41, 5.74) is 0. The monoisotopic (exact) mass is 768 g/mol. The molecule has 22 heteroatoms. The Bertz CT molecular complexity index is 656. The molecule has 0 aliphatic heterocycles. The van der Waals surface area contributed by atoms with Crippen LogP contribution in [-0.4, -0.2) is 159 Å². The number of carbonyl (C=O) groups excluding carboxylic acids is 2. The van der Waals surface area contributed by atoms with E-state index in [1.807, 2.05) is 0 Å². The molecule has 0 spiro atoms. The number of amides is 4. The van der Waals surface area contributed by atoms with E-state index in [0.29, 0.717) is 76.0 Å². The molecule has 4 N–H and O–H groups in total. The highest BCUT2D eigenvalue weighted by Gasteiger charge is 2.39. The van der Waals surface area contributed by atoms with Gasteiger partial charge in [0.15, 0.2) is 0 Å². The van der Waals surface area contributed by atoms with Crippen molar-refractivity contribution in [3.63, 3.8) is 0 Å². The van der Waals surface area contributed by atoms with Crippen LogP contribution in [0, 0.1) is 0 Å². The summed E-state index contributed by atoms with van der Waals surface area (Å²) in [4.78, 5) is 23.4. The molecular weight excluding hydrogens is 705 g/mol. The van der Waals surface area contributed by atoms with Gasteiger partial charge in [0.2, 0.25) is 0 Å². The molecule has 48 heavy (non-hydrogen) atoms. The second-order valence-corrected chi connectivity index (χ2v) is 22.3. The highest BCUT2D eigenvalue weighted by molar-refractivity contribution is 6.61. The SMILES string of the molecule is CO[Si](CCCNC(=O)NCCC[Si](OC)(OC)OC)(OC)OC.CO[Si](CCCNC(=O)NCCC[Si](OC)(OC)OC)(OC)OC. The van der Waals surface area contributed by atoms with Gasteiger partial charge in [-0.25, -0.2) is 9.59 Å². The molecule has 0 aliphatic carbocycles. The van der Waals surface area contributed by atoms with Crippen molar-refractivity contribution >= 4 is 47.3 Å². The minimum absolute atomic E-state index is 0.214. The Labute approximate surface area is 292 Å². The van der Waals surface area contributed by atoms with Crippen LogP contribution in [0.15, 0.2) is 0 Å².